The highest BCUT2D eigenvalue weighted by Gasteiger charge is 2.12. The van der Waals surface area contributed by atoms with E-state index in [0.717, 1.165) is 26.4 Å². The van der Waals surface area contributed by atoms with Gasteiger partial charge in [0.1, 0.15) is 11.6 Å². The highest BCUT2D eigenvalue weighted by Crippen LogP contribution is 2.36. The Morgan fingerprint density at radius 2 is 1.72 bits per heavy atom. The number of fused-ring (bicyclic) bond motifs is 1. The van der Waals surface area contributed by atoms with Crippen molar-refractivity contribution >= 4 is 33.9 Å². The minimum atomic E-state index is -0.0834. The first-order valence-corrected chi connectivity index (χ1v) is 8.35. The zero-order valence-electron chi connectivity index (χ0n) is 13.1. The van der Waals surface area contributed by atoms with Gasteiger partial charge in [0.05, 0.1) is 15.4 Å². The monoisotopic (exact) mass is 349 g/mol. The van der Waals surface area contributed by atoms with Crippen LogP contribution in [0.3, 0.4) is 0 Å². The van der Waals surface area contributed by atoms with Crippen molar-refractivity contribution in [2.24, 2.45) is 11.5 Å². The summed E-state index contributed by atoms with van der Waals surface area (Å²) in [7, 11) is 0. The van der Waals surface area contributed by atoms with Crippen LogP contribution < -0.4 is 11.5 Å². The number of benzene rings is 1. The van der Waals surface area contributed by atoms with Gasteiger partial charge in [0.2, 0.25) is 0 Å². The molecule has 0 aliphatic heterocycles. The molecule has 0 unspecified atom stereocenters. The summed E-state index contributed by atoms with van der Waals surface area (Å²) in [6, 6.07) is 15.3. The van der Waals surface area contributed by atoms with Gasteiger partial charge in [-0.2, -0.15) is 0 Å². The summed E-state index contributed by atoms with van der Waals surface area (Å²) in [4.78, 5) is 5.40. The van der Waals surface area contributed by atoms with Crippen LogP contribution in [0.2, 0.25) is 0 Å². The van der Waals surface area contributed by atoms with Gasteiger partial charge in [-0.25, -0.2) is 0 Å². The summed E-state index contributed by atoms with van der Waals surface area (Å²) < 4.78 is 5.59. The number of thiophene rings is 1. The number of H-pyrrole nitrogens is 1. The van der Waals surface area contributed by atoms with Crippen molar-refractivity contribution in [3.05, 3.63) is 59.9 Å². The molecule has 0 spiro atoms. The molecule has 7 N–H and O–H groups in total. The molecule has 1 aromatic carbocycles. The number of rotatable bonds is 4. The molecule has 0 radical (unpaired) electrons. The number of nitrogens with one attached hydrogen (secondary N) is 3. The highest BCUT2D eigenvalue weighted by molar-refractivity contribution is 7.18. The Labute approximate surface area is 147 Å². The normalized spacial score (nSPS) is 11.0. The fourth-order valence-corrected chi connectivity index (χ4v) is 3.60. The lowest BCUT2D eigenvalue weighted by molar-refractivity contribution is 0.572. The summed E-state index contributed by atoms with van der Waals surface area (Å²) in [6.45, 7) is 0. The van der Waals surface area contributed by atoms with E-state index in [0.29, 0.717) is 17.1 Å². The Kier molecular flexibility index (Phi) is 3.43. The first-order valence-electron chi connectivity index (χ1n) is 7.53. The van der Waals surface area contributed by atoms with E-state index in [9.17, 15) is 0 Å². The van der Waals surface area contributed by atoms with Crippen molar-refractivity contribution in [1.82, 2.24) is 4.98 Å². The van der Waals surface area contributed by atoms with Crippen molar-refractivity contribution in [3.8, 4) is 21.2 Å². The summed E-state index contributed by atoms with van der Waals surface area (Å²) >= 11 is 1.59. The molecule has 0 fully saturated rings. The molecule has 3 heterocycles. The van der Waals surface area contributed by atoms with Gasteiger partial charge >= 0.3 is 0 Å². The van der Waals surface area contributed by atoms with Crippen molar-refractivity contribution in [2.75, 3.05) is 0 Å². The van der Waals surface area contributed by atoms with Crippen LogP contribution in [-0.4, -0.2) is 16.7 Å². The summed E-state index contributed by atoms with van der Waals surface area (Å²) in [5.74, 6) is 1.03. The average molecular weight is 349 g/mol. The zero-order chi connectivity index (χ0) is 17.6. The largest absolute Gasteiger partial charge is 0.452 e. The lowest BCUT2D eigenvalue weighted by Gasteiger charge is -1.97. The van der Waals surface area contributed by atoms with Gasteiger partial charge in [0.15, 0.2) is 11.6 Å². The maximum atomic E-state index is 7.54. The van der Waals surface area contributed by atoms with Crippen LogP contribution in [0, 0.1) is 10.8 Å². The number of nitrogen functional groups attached to an aromatic ring is 2. The van der Waals surface area contributed by atoms with Gasteiger partial charge in [-0.15, -0.1) is 11.3 Å². The van der Waals surface area contributed by atoms with E-state index in [-0.39, 0.29) is 11.7 Å². The molecular formula is C18H15N5OS. The number of amidine groups is 2. The SMILES string of the molecule is N=C(N)c1ccc2cc(-c3ccc(-c4ccc(C(=N)N)o4)s3)[nH]c2c1. The van der Waals surface area contributed by atoms with Gasteiger partial charge in [-0.1, -0.05) is 12.1 Å². The fraction of sp³-hybridized carbons (Fsp3) is 0. The molecule has 25 heavy (non-hydrogen) atoms. The molecule has 0 saturated carbocycles. The van der Waals surface area contributed by atoms with E-state index in [1.54, 1.807) is 17.4 Å². The minimum Gasteiger partial charge on any atom is -0.452 e. The number of aromatic nitrogens is 1. The van der Waals surface area contributed by atoms with Gasteiger partial charge < -0.3 is 20.9 Å². The smallest absolute Gasteiger partial charge is 0.169 e. The molecule has 4 rings (SSSR count). The fourth-order valence-electron chi connectivity index (χ4n) is 2.66. The van der Waals surface area contributed by atoms with Crippen molar-refractivity contribution in [1.29, 1.82) is 10.8 Å². The lowest BCUT2D eigenvalue weighted by atomic mass is 10.1. The Hall–Kier alpha value is -3.32. The molecule has 4 aromatic rings. The van der Waals surface area contributed by atoms with Crippen LogP contribution in [0.4, 0.5) is 0 Å². The number of nitrogens with two attached hydrogens (primary N) is 2. The molecule has 7 heteroatoms. The predicted octanol–water partition coefficient (Wildman–Crippen LogP) is 3.72. The first-order chi connectivity index (χ1) is 12.0. The third-order valence-corrected chi connectivity index (χ3v) is 5.05. The lowest BCUT2D eigenvalue weighted by Crippen LogP contribution is -2.10. The molecule has 0 bridgehead atoms. The maximum Gasteiger partial charge on any atom is 0.169 e. The van der Waals surface area contributed by atoms with E-state index in [1.807, 2.05) is 36.4 Å². The second kappa shape index (κ2) is 5.64. The minimum absolute atomic E-state index is 0.0514. The quantitative estimate of drug-likeness (QED) is 0.284. The van der Waals surface area contributed by atoms with Crippen LogP contribution >= 0.6 is 11.3 Å². The van der Waals surface area contributed by atoms with Crippen molar-refractivity contribution < 1.29 is 4.42 Å². The zero-order valence-corrected chi connectivity index (χ0v) is 13.9. The van der Waals surface area contributed by atoms with E-state index in [1.165, 1.54) is 0 Å². The highest BCUT2D eigenvalue weighted by atomic mass is 32.1. The summed E-state index contributed by atoms with van der Waals surface area (Å²) in [5.41, 5.74) is 13.6. The number of aromatic amines is 1. The predicted molar refractivity (Wildman–Crippen MR) is 101 cm³/mol. The average Bonchev–Trinajstić information content (AvgIpc) is 3.31. The van der Waals surface area contributed by atoms with Crippen LogP contribution in [-0.2, 0) is 0 Å². The van der Waals surface area contributed by atoms with Crippen LogP contribution in [0.15, 0.2) is 52.9 Å². The summed E-state index contributed by atoms with van der Waals surface area (Å²) in [5, 5.41) is 16.0. The molecule has 0 aliphatic carbocycles. The van der Waals surface area contributed by atoms with Crippen molar-refractivity contribution in [2.45, 2.75) is 0 Å². The Bertz CT molecular complexity index is 1120. The standard InChI is InChI=1S/C18H15N5OS/c19-17(20)10-2-1-9-7-12(23-11(9)8-10)15-5-6-16(25-15)13-3-4-14(24-13)18(21)22/h1-8,23H,(H3,19,20)(H3,21,22). The molecule has 0 amide bonds. The van der Waals surface area contributed by atoms with Gasteiger partial charge in [-0.05, 0) is 36.4 Å². The number of hydrogen-bond donors (Lipinski definition) is 5. The van der Waals surface area contributed by atoms with Gasteiger partial charge in [0.25, 0.3) is 0 Å². The Morgan fingerprint density at radius 3 is 2.44 bits per heavy atom. The van der Waals surface area contributed by atoms with E-state index < -0.39 is 0 Å². The van der Waals surface area contributed by atoms with Crippen LogP contribution in [0.25, 0.3) is 32.1 Å². The van der Waals surface area contributed by atoms with Gasteiger partial charge in [0, 0.05) is 16.5 Å². The maximum absolute atomic E-state index is 7.54. The van der Waals surface area contributed by atoms with E-state index in [2.05, 4.69) is 11.1 Å². The second-order valence-electron chi connectivity index (χ2n) is 5.64. The number of furan rings is 1. The molecule has 3 aromatic heterocycles. The molecular weight excluding hydrogens is 334 g/mol. The molecule has 0 atom stereocenters. The van der Waals surface area contributed by atoms with Crippen LogP contribution in [0.5, 0.6) is 0 Å². The molecule has 6 nitrogen and oxygen atoms in total. The summed E-state index contributed by atoms with van der Waals surface area (Å²) in [6.07, 6.45) is 0. The topological polar surface area (TPSA) is 129 Å². The van der Waals surface area contributed by atoms with Crippen molar-refractivity contribution in [3.63, 3.8) is 0 Å². The number of hydrogen-bond acceptors (Lipinski definition) is 4. The Morgan fingerprint density at radius 1 is 0.920 bits per heavy atom. The molecule has 0 saturated heterocycles. The third kappa shape index (κ3) is 2.70. The molecule has 124 valence electrons. The van der Waals surface area contributed by atoms with E-state index >= 15 is 0 Å². The Balaban J connectivity index is 1.70. The van der Waals surface area contributed by atoms with Crippen LogP contribution in [0.1, 0.15) is 11.3 Å². The second-order valence-corrected chi connectivity index (χ2v) is 6.72. The molecule has 0 aliphatic rings. The first kappa shape index (κ1) is 15.2. The van der Waals surface area contributed by atoms with E-state index in [4.69, 9.17) is 26.7 Å². The third-order valence-electron chi connectivity index (χ3n) is 3.92. The van der Waals surface area contributed by atoms with Gasteiger partial charge in [-0.3, -0.25) is 10.8 Å².